The molecule has 1 atom stereocenters. The molecule has 2 aromatic heterocycles. The molecular weight excluding hydrogens is 461 g/mol. The number of piperidine rings is 1. The summed E-state index contributed by atoms with van der Waals surface area (Å²) < 4.78 is 14.1. The summed E-state index contributed by atoms with van der Waals surface area (Å²) in [6, 6.07) is 18.4. The summed E-state index contributed by atoms with van der Waals surface area (Å²) in [6.07, 6.45) is 2.91. The Bertz CT molecular complexity index is 1300. The summed E-state index contributed by atoms with van der Waals surface area (Å²) in [6.45, 7) is 3.64. The van der Waals surface area contributed by atoms with Crippen LogP contribution in [0.15, 0.2) is 66.9 Å². The van der Waals surface area contributed by atoms with Gasteiger partial charge < -0.3 is 15.3 Å². The predicted octanol–water partition coefficient (Wildman–Crippen LogP) is 5.49. The molecule has 35 heavy (non-hydrogen) atoms. The van der Waals surface area contributed by atoms with E-state index in [9.17, 15) is 9.50 Å². The number of likely N-dealkylation sites (tertiary alicyclic amines) is 1. The van der Waals surface area contributed by atoms with Crippen LogP contribution in [0.5, 0.6) is 0 Å². The van der Waals surface area contributed by atoms with Crippen LogP contribution in [0, 0.1) is 5.82 Å². The minimum Gasteiger partial charge on any atom is -0.383 e. The average Bonchev–Trinajstić information content (AvgIpc) is 3.33. The van der Waals surface area contributed by atoms with E-state index in [1.165, 1.54) is 23.5 Å². The van der Waals surface area contributed by atoms with Crippen molar-refractivity contribution < 1.29 is 9.50 Å². The summed E-state index contributed by atoms with van der Waals surface area (Å²) in [5, 5.41) is 15.5. The predicted molar refractivity (Wildman–Crippen MR) is 138 cm³/mol. The van der Waals surface area contributed by atoms with Gasteiger partial charge in [0.15, 0.2) is 0 Å². The molecule has 8 heteroatoms. The lowest BCUT2D eigenvalue weighted by Gasteiger charge is -2.34. The first kappa shape index (κ1) is 23.5. The van der Waals surface area contributed by atoms with E-state index in [0.717, 1.165) is 23.5 Å². The standard InChI is InChI=1S/C27H28FN5OS/c1-18(19-7-4-3-5-8-19)30-26-29-14-11-22(31-26)24-23(20-9-6-10-21(28)17-20)32-25(35-24)27(34)12-15-33(2)16-13-27/h3-11,14,17-18,34H,12-13,15-16H2,1-2H3,(H,29,30,31). The van der Waals surface area contributed by atoms with Crippen LogP contribution in [0.4, 0.5) is 10.3 Å². The lowest BCUT2D eigenvalue weighted by Crippen LogP contribution is -2.40. The van der Waals surface area contributed by atoms with Gasteiger partial charge in [0.2, 0.25) is 5.95 Å². The van der Waals surface area contributed by atoms with E-state index in [1.807, 2.05) is 30.3 Å². The first-order valence-corrected chi connectivity index (χ1v) is 12.6. The van der Waals surface area contributed by atoms with Crippen molar-refractivity contribution in [3.05, 3.63) is 83.2 Å². The number of halogens is 1. The van der Waals surface area contributed by atoms with E-state index in [2.05, 4.69) is 41.3 Å². The third-order valence-corrected chi connectivity index (χ3v) is 7.74. The number of hydrogen-bond acceptors (Lipinski definition) is 7. The van der Waals surface area contributed by atoms with Gasteiger partial charge in [0.25, 0.3) is 0 Å². The van der Waals surface area contributed by atoms with Crippen molar-refractivity contribution in [3.63, 3.8) is 0 Å². The van der Waals surface area contributed by atoms with E-state index >= 15 is 0 Å². The van der Waals surface area contributed by atoms with Crippen LogP contribution in [0.25, 0.3) is 21.8 Å². The third kappa shape index (κ3) is 5.10. The minimum absolute atomic E-state index is 0.0195. The number of anilines is 1. The van der Waals surface area contributed by atoms with Crippen LogP contribution in [0.1, 0.15) is 36.4 Å². The number of benzene rings is 2. The number of aliphatic hydroxyl groups is 1. The Morgan fingerprint density at radius 1 is 1.06 bits per heavy atom. The molecule has 1 fully saturated rings. The highest BCUT2D eigenvalue weighted by atomic mass is 32.1. The van der Waals surface area contributed by atoms with Crippen LogP contribution in [0.3, 0.4) is 0 Å². The monoisotopic (exact) mass is 489 g/mol. The quantitative estimate of drug-likeness (QED) is 0.373. The summed E-state index contributed by atoms with van der Waals surface area (Å²) in [5.41, 5.74) is 2.09. The number of aromatic nitrogens is 3. The lowest BCUT2D eigenvalue weighted by molar-refractivity contribution is -0.0203. The molecule has 2 N–H and O–H groups in total. The van der Waals surface area contributed by atoms with E-state index in [1.54, 1.807) is 12.3 Å². The summed E-state index contributed by atoms with van der Waals surface area (Å²) in [5.74, 6) is 0.166. The Labute approximate surface area is 208 Å². The molecule has 180 valence electrons. The molecule has 0 saturated carbocycles. The van der Waals surface area contributed by atoms with Gasteiger partial charge in [0, 0.05) is 24.8 Å². The van der Waals surface area contributed by atoms with Gasteiger partial charge in [-0.25, -0.2) is 19.3 Å². The summed E-state index contributed by atoms with van der Waals surface area (Å²) in [4.78, 5) is 17.0. The molecule has 0 amide bonds. The van der Waals surface area contributed by atoms with Gasteiger partial charge in [-0.3, -0.25) is 0 Å². The minimum atomic E-state index is -1.01. The van der Waals surface area contributed by atoms with Gasteiger partial charge in [0.1, 0.15) is 16.4 Å². The number of rotatable bonds is 6. The van der Waals surface area contributed by atoms with Gasteiger partial charge in [-0.1, -0.05) is 42.5 Å². The number of hydrogen-bond donors (Lipinski definition) is 2. The molecule has 0 spiro atoms. The fraction of sp³-hybridized carbons (Fsp3) is 0.296. The molecule has 1 unspecified atom stereocenters. The molecule has 2 aromatic carbocycles. The Morgan fingerprint density at radius 2 is 1.83 bits per heavy atom. The number of nitrogens with zero attached hydrogens (tertiary/aromatic N) is 4. The van der Waals surface area contributed by atoms with Crippen molar-refractivity contribution in [1.29, 1.82) is 0 Å². The SMILES string of the molecule is CC(Nc1nccc(-c2sc(C3(O)CCN(C)CC3)nc2-c2cccc(F)c2)n1)c1ccccc1. The molecular formula is C27H28FN5OS. The van der Waals surface area contributed by atoms with Crippen LogP contribution in [-0.4, -0.2) is 45.1 Å². The van der Waals surface area contributed by atoms with Crippen LogP contribution >= 0.6 is 11.3 Å². The normalized spacial score (nSPS) is 16.7. The molecule has 1 saturated heterocycles. The Kier molecular flexibility index (Phi) is 6.60. The van der Waals surface area contributed by atoms with Crippen molar-refractivity contribution in [2.24, 2.45) is 0 Å². The van der Waals surface area contributed by atoms with E-state index in [4.69, 9.17) is 9.97 Å². The fourth-order valence-electron chi connectivity index (χ4n) is 4.30. The van der Waals surface area contributed by atoms with Gasteiger partial charge in [-0.15, -0.1) is 11.3 Å². The number of thiazole rings is 1. The first-order chi connectivity index (χ1) is 16.9. The van der Waals surface area contributed by atoms with Gasteiger partial charge in [-0.05, 0) is 50.6 Å². The zero-order valence-electron chi connectivity index (χ0n) is 19.8. The zero-order chi connectivity index (χ0) is 24.4. The van der Waals surface area contributed by atoms with E-state index < -0.39 is 5.60 Å². The molecule has 4 aromatic rings. The van der Waals surface area contributed by atoms with Crippen LogP contribution < -0.4 is 5.32 Å². The lowest BCUT2D eigenvalue weighted by atomic mass is 9.92. The second kappa shape index (κ2) is 9.81. The van der Waals surface area contributed by atoms with Crippen molar-refractivity contribution in [2.45, 2.75) is 31.4 Å². The Hall–Kier alpha value is -3.20. The van der Waals surface area contributed by atoms with Crippen molar-refractivity contribution in [2.75, 3.05) is 25.5 Å². The molecule has 1 aliphatic heterocycles. The highest BCUT2D eigenvalue weighted by molar-refractivity contribution is 7.15. The highest BCUT2D eigenvalue weighted by Gasteiger charge is 2.37. The molecule has 3 heterocycles. The molecule has 0 radical (unpaired) electrons. The van der Waals surface area contributed by atoms with Crippen LogP contribution in [-0.2, 0) is 5.60 Å². The Morgan fingerprint density at radius 3 is 2.57 bits per heavy atom. The molecule has 5 rings (SSSR count). The second-order valence-corrected chi connectivity index (χ2v) is 10.1. The van der Waals surface area contributed by atoms with Crippen molar-refractivity contribution in [1.82, 2.24) is 19.9 Å². The first-order valence-electron chi connectivity index (χ1n) is 11.7. The van der Waals surface area contributed by atoms with Crippen LogP contribution in [0.2, 0.25) is 0 Å². The Balaban J connectivity index is 1.53. The maximum atomic E-state index is 14.1. The molecule has 1 aliphatic rings. The van der Waals surface area contributed by atoms with Gasteiger partial charge >= 0.3 is 0 Å². The molecule has 6 nitrogen and oxygen atoms in total. The van der Waals surface area contributed by atoms with Crippen molar-refractivity contribution >= 4 is 17.3 Å². The second-order valence-electron chi connectivity index (χ2n) is 9.08. The largest absolute Gasteiger partial charge is 0.383 e. The summed E-state index contributed by atoms with van der Waals surface area (Å²) in [7, 11) is 2.05. The van der Waals surface area contributed by atoms with Crippen molar-refractivity contribution in [3.8, 4) is 21.8 Å². The van der Waals surface area contributed by atoms with E-state index in [-0.39, 0.29) is 11.9 Å². The van der Waals surface area contributed by atoms with E-state index in [0.29, 0.717) is 40.7 Å². The van der Waals surface area contributed by atoms with Gasteiger partial charge in [0.05, 0.1) is 22.3 Å². The maximum Gasteiger partial charge on any atom is 0.223 e. The fourth-order valence-corrected chi connectivity index (χ4v) is 5.50. The smallest absolute Gasteiger partial charge is 0.223 e. The highest BCUT2D eigenvalue weighted by Crippen LogP contribution is 2.43. The summed E-state index contributed by atoms with van der Waals surface area (Å²) >= 11 is 1.42. The third-order valence-electron chi connectivity index (χ3n) is 6.47. The molecule has 0 bridgehead atoms. The maximum absolute atomic E-state index is 14.1. The molecule has 0 aliphatic carbocycles. The number of nitrogens with one attached hydrogen (secondary N) is 1. The average molecular weight is 490 g/mol. The zero-order valence-corrected chi connectivity index (χ0v) is 20.6. The topological polar surface area (TPSA) is 74.2 Å². The van der Waals surface area contributed by atoms with Gasteiger partial charge in [-0.2, -0.15) is 0 Å².